The molecule has 174 valence electrons. The van der Waals surface area contributed by atoms with E-state index in [-0.39, 0.29) is 30.0 Å². The van der Waals surface area contributed by atoms with Crippen LogP contribution in [0.1, 0.15) is 66.7 Å². The second kappa shape index (κ2) is 10.3. The van der Waals surface area contributed by atoms with E-state index in [0.29, 0.717) is 19.3 Å². The van der Waals surface area contributed by atoms with Crippen LogP contribution in [0, 0.1) is 24.2 Å². The number of ether oxygens (including phenoxy) is 3. The number of hydrogen-bond donors (Lipinski definition) is 1. The molecule has 1 heterocycles. The first kappa shape index (κ1) is 24.8. The topological polar surface area (TPSA) is 94.2 Å². The lowest BCUT2D eigenvalue weighted by Gasteiger charge is -2.37. The Morgan fingerprint density at radius 1 is 1.26 bits per heavy atom. The molecule has 6 atom stereocenters. The summed E-state index contributed by atoms with van der Waals surface area (Å²) in [6.07, 6.45) is 7.71. The number of terminal acetylenes is 1. The van der Waals surface area contributed by atoms with Crippen molar-refractivity contribution < 1.29 is 28.6 Å². The quantitative estimate of drug-likeness (QED) is 0.403. The minimum Gasteiger partial charge on any atom is -0.460 e. The van der Waals surface area contributed by atoms with Gasteiger partial charge in [0.05, 0.1) is 13.2 Å². The van der Waals surface area contributed by atoms with Gasteiger partial charge in [-0.1, -0.05) is 26.2 Å². The van der Waals surface area contributed by atoms with E-state index in [2.05, 4.69) is 11.2 Å². The molecular weight excluding hydrogens is 400 g/mol. The van der Waals surface area contributed by atoms with Gasteiger partial charge in [0.25, 0.3) is 0 Å². The average Bonchev–Trinajstić information content (AvgIpc) is 3.09. The van der Waals surface area contributed by atoms with Crippen LogP contribution in [0.2, 0.25) is 0 Å². The Morgan fingerprint density at radius 2 is 1.94 bits per heavy atom. The minimum atomic E-state index is -0.818. The highest BCUT2D eigenvalue weighted by molar-refractivity contribution is 5.82. The monoisotopic (exact) mass is 436 g/mol. The average molecular weight is 437 g/mol. The summed E-state index contributed by atoms with van der Waals surface area (Å²) >= 11 is 0. The van der Waals surface area contributed by atoms with Crippen LogP contribution in [0.15, 0.2) is 0 Å². The summed E-state index contributed by atoms with van der Waals surface area (Å²) in [6.45, 7) is 9.12. The molecule has 0 aromatic carbocycles. The largest absolute Gasteiger partial charge is 0.460 e. The molecule has 0 spiro atoms. The molecule has 0 radical (unpaired) electrons. The van der Waals surface area contributed by atoms with E-state index >= 15 is 0 Å². The summed E-state index contributed by atoms with van der Waals surface area (Å²) in [7, 11) is 1.34. The second-order valence-corrected chi connectivity index (χ2v) is 9.44. The van der Waals surface area contributed by atoms with Gasteiger partial charge in [0.1, 0.15) is 17.7 Å². The van der Waals surface area contributed by atoms with Gasteiger partial charge in [0.15, 0.2) is 0 Å². The van der Waals surface area contributed by atoms with Crippen molar-refractivity contribution >= 4 is 18.2 Å². The fourth-order valence-electron chi connectivity index (χ4n) is 4.45. The van der Waals surface area contributed by atoms with Crippen molar-refractivity contribution in [2.75, 3.05) is 7.11 Å². The number of esters is 1. The van der Waals surface area contributed by atoms with Crippen molar-refractivity contribution in [3.8, 4) is 12.3 Å². The molecule has 1 saturated heterocycles. The number of hydrogen-bond acceptors (Lipinski definition) is 6. The number of fused-ring (bicyclic) bond motifs is 1. The van der Waals surface area contributed by atoms with Gasteiger partial charge in [0, 0.05) is 12.0 Å². The van der Waals surface area contributed by atoms with Crippen LogP contribution in [-0.2, 0) is 19.0 Å². The van der Waals surface area contributed by atoms with Gasteiger partial charge < -0.3 is 19.5 Å². The van der Waals surface area contributed by atoms with E-state index in [4.69, 9.17) is 20.6 Å². The van der Waals surface area contributed by atoms with E-state index in [1.165, 1.54) is 7.11 Å². The summed E-state index contributed by atoms with van der Waals surface area (Å²) in [5.74, 6) is 1.99. The van der Waals surface area contributed by atoms with Gasteiger partial charge in [-0.2, -0.15) is 0 Å². The number of methoxy groups -OCH3 is 1. The lowest BCUT2D eigenvalue weighted by atomic mass is 9.82. The first-order chi connectivity index (χ1) is 14.5. The van der Waals surface area contributed by atoms with Crippen LogP contribution in [0.5, 0.6) is 0 Å². The van der Waals surface area contributed by atoms with Crippen molar-refractivity contribution in [1.82, 2.24) is 10.2 Å². The van der Waals surface area contributed by atoms with Crippen molar-refractivity contribution in [3.05, 3.63) is 0 Å². The number of amides is 2. The molecule has 8 heteroatoms. The summed E-state index contributed by atoms with van der Waals surface area (Å²) in [6, 6.07) is -1.32. The Labute approximate surface area is 185 Å². The fraction of sp³-hybridized carbons (Fsp3) is 0.783. The van der Waals surface area contributed by atoms with Crippen molar-refractivity contribution in [3.63, 3.8) is 0 Å². The summed E-state index contributed by atoms with van der Waals surface area (Å²) in [5, 5.41) is 2.68. The molecule has 1 aliphatic carbocycles. The molecule has 2 rings (SSSR count). The van der Waals surface area contributed by atoms with Gasteiger partial charge in [-0.15, -0.1) is 6.42 Å². The number of carbonyl (C=O) groups excluding carboxylic acids is 3. The van der Waals surface area contributed by atoms with E-state index in [0.717, 1.165) is 12.8 Å². The van der Waals surface area contributed by atoms with Gasteiger partial charge in [-0.05, 0) is 52.4 Å². The SMILES string of the molecule is C#CC1C[C@H]2[C@@H](OC(=O)[C@@H](NC(=O)OC(C)(C)C)[C@@H](C)CC)CCC[C@H]2N1C(=O)OC. The van der Waals surface area contributed by atoms with Crippen LogP contribution < -0.4 is 5.32 Å². The number of nitrogens with one attached hydrogen (secondary N) is 1. The highest BCUT2D eigenvalue weighted by Gasteiger charge is 2.50. The maximum absolute atomic E-state index is 13.1. The van der Waals surface area contributed by atoms with Crippen LogP contribution in [-0.4, -0.2) is 60.0 Å². The highest BCUT2D eigenvalue weighted by Crippen LogP contribution is 2.41. The van der Waals surface area contributed by atoms with Crippen LogP contribution in [0.4, 0.5) is 9.59 Å². The zero-order chi connectivity index (χ0) is 23.3. The van der Waals surface area contributed by atoms with Crippen molar-refractivity contribution in [2.24, 2.45) is 11.8 Å². The molecular formula is C23H36N2O6. The summed E-state index contributed by atoms with van der Waals surface area (Å²) in [4.78, 5) is 39.3. The van der Waals surface area contributed by atoms with E-state index in [1.807, 2.05) is 13.8 Å². The number of carbonyl (C=O) groups is 3. The first-order valence-electron chi connectivity index (χ1n) is 11.0. The maximum Gasteiger partial charge on any atom is 0.410 e. The standard InChI is InChI=1S/C23H36N2O6/c1-8-14(3)19(24-21(27)31-23(4,5)6)20(26)30-18-12-10-11-17-16(18)13-15(9-2)25(17)22(28)29-7/h2,14-19H,8,10-13H2,1,3-7H3,(H,24,27)/t14-,15?,16+,17+,18-,19-/m0/s1. The Bertz CT molecular complexity index is 710. The second-order valence-electron chi connectivity index (χ2n) is 9.44. The normalized spacial score (nSPS) is 27.3. The third kappa shape index (κ3) is 6.05. The summed E-state index contributed by atoms with van der Waals surface area (Å²) in [5.41, 5.74) is -0.671. The van der Waals surface area contributed by atoms with E-state index < -0.39 is 29.8 Å². The Kier molecular flexibility index (Phi) is 8.21. The third-order valence-corrected chi connectivity index (χ3v) is 6.13. The van der Waals surface area contributed by atoms with Crippen molar-refractivity contribution in [2.45, 2.75) is 96.6 Å². The molecule has 2 amide bonds. The maximum atomic E-state index is 13.1. The molecule has 0 aromatic heterocycles. The molecule has 8 nitrogen and oxygen atoms in total. The zero-order valence-electron chi connectivity index (χ0n) is 19.5. The number of likely N-dealkylation sites (tertiary alicyclic amines) is 1. The van der Waals surface area contributed by atoms with Gasteiger partial charge in [-0.3, -0.25) is 4.90 Å². The third-order valence-electron chi connectivity index (χ3n) is 6.13. The zero-order valence-corrected chi connectivity index (χ0v) is 19.5. The van der Waals surface area contributed by atoms with Crippen LogP contribution in [0.25, 0.3) is 0 Å². The molecule has 1 unspecified atom stereocenters. The van der Waals surface area contributed by atoms with Crippen molar-refractivity contribution in [1.29, 1.82) is 0 Å². The van der Waals surface area contributed by atoms with Crippen LogP contribution >= 0.6 is 0 Å². The Hall–Kier alpha value is -2.43. The molecule has 1 aliphatic heterocycles. The predicted molar refractivity (Wildman–Crippen MR) is 115 cm³/mol. The molecule has 0 bridgehead atoms. The van der Waals surface area contributed by atoms with Crippen LogP contribution in [0.3, 0.4) is 0 Å². The summed E-state index contributed by atoms with van der Waals surface area (Å²) < 4.78 is 16.2. The lowest BCUT2D eigenvalue weighted by molar-refractivity contribution is -0.158. The molecule has 31 heavy (non-hydrogen) atoms. The van der Waals surface area contributed by atoms with Gasteiger partial charge in [0.2, 0.25) is 0 Å². The smallest absolute Gasteiger partial charge is 0.410 e. The lowest BCUT2D eigenvalue weighted by Crippen LogP contribution is -2.50. The number of nitrogens with zero attached hydrogens (tertiary/aromatic N) is 1. The van der Waals surface area contributed by atoms with Gasteiger partial charge >= 0.3 is 18.2 Å². The minimum absolute atomic E-state index is 0.0584. The molecule has 2 aliphatic rings. The Morgan fingerprint density at radius 3 is 2.48 bits per heavy atom. The molecule has 1 N–H and O–H groups in total. The predicted octanol–water partition coefficient (Wildman–Crippen LogP) is 3.48. The van der Waals surface area contributed by atoms with Gasteiger partial charge in [-0.25, -0.2) is 14.4 Å². The van der Waals surface area contributed by atoms with E-state index in [9.17, 15) is 14.4 Å². The fourth-order valence-corrected chi connectivity index (χ4v) is 4.45. The first-order valence-corrected chi connectivity index (χ1v) is 11.0. The van der Waals surface area contributed by atoms with E-state index in [1.54, 1.807) is 25.7 Å². The molecule has 2 fully saturated rings. The highest BCUT2D eigenvalue weighted by atomic mass is 16.6. The Balaban J connectivity index is 2.13. The molecule has 1 saturated carbocycles. The molecule has 0 aromatic rings. The number of rotatable bonds is 5. The number of alkyl carbamates (subject to hydrolysis) is 1.